The Morgan fingerprint density at radius 1 is 1.25 bits per heavy atom. The first-order valence-electron chi connectivity index (χ1n) is 7.93. The van der Waals surface area contributed by atoms with E-state index in [1.165, 1.54) is 18.2 Å². The first-order valence-corrected chi connectivity index (χ1v) is 8.31. The second-order valence-corrected chi connectivity index (χ2v) is 6.00. The summed E-state index contributed by atoms with van der Waals surface area (Å²) in [6.45, 7) is 0.0919. The molecule has 1 N–H and O–H groups in total. The molecule has 1 amide bonds. The Labute approximate surface area is 164 Å². The molecule has 0 saturated carbocycles. The Morgan fingerprint density at radius 3 is 2.79 bits per heavy atom. The van der Waals surface area contributed by atoms with Crippen molar-refractivity contribution in [2.24, 2.45) is 0 Å². The third-order valence-corrected chi connectivity index (χ3v) is 3.88. The fourth-order valence-corrected chi connectivity index (χ4v) is 2.50. The average Bonchev–Trinajstić information content (AvgIpc) is 3.16. The van der Waals surface area contributed by atoms with E-state index in [-0.39, 0.29) is 29.3 Å². The van der Waals surface area contributed by atoms with Crippen LogP contribution >= 0.6 is 11.6 Å². The van der Waals surface area contributed by atoms with Crippen molar-refractivity contribution in [1.29, 1.82) is 5.26 Å². The molecule has 0 radical (unpaired) electrons. The first-order chi connectivity index (χ1) is 13.5. The summed E-state index contributed by atoms with van der Waals surface area (Å²) in [7, 11) is 0. The normalized spacial score (nSPS) is 10.1. The third kappa shape index (κ3) is 4.47. The Balaban J connectivity index is 1.67. The van der Waals surface area contributed by atoms with Crippen LogP contribution in [0.5, 0.6) is 5.75 Å². The van der Waals surface area contributed by atoms with Crippen LogP contribution in [0.1, 0.15) is 21.9 Å². The number of carbonyl (C=O) groups excluding carboxylic acids is 1. The second-order valence-electron chi connectivity index (χ2n) is 5.56. The largest absolute Gasteiger partial charge is 0.486 e. The van der Waals surface area contributed by atoms with Crippen molar-refractivity contribution < 1.29 is 18.9 Å². The maximum Gasteiger partial charge on any atom is 0.291 e. The molecular formula is C19H12ClN3O5. The molecule has 0 aliphatic heterocycles. The van der Waals surface area contributed by atoms with Crippen LogP contribution in [-0.2, 0) is 6.61 Å². The van der Waals surface area contributed by atoms with Gasteiger partial charge in [0.25, 0.3) is 11.6 Å². The Kier molecular flexibility index (Phi) is 5.58. The van der Waals surface area contributed by atoms with Gasteiger partial charge in [-0.25, -0.2) is 0 Å². The lowest BCUT2D eigenvalue weighted by Gasteiger charge is -2.06. The van der Waals surface area contributed by atoms with Crippen LogP contribution in [-0.4, -0.2) is 10.8 Å². The van der Waals surface area contributed by atoms with Gasteiger partial charge in [-0.15, -0.1) is 0 Å². The zero-order chi connectivity index (χ0) is 20.1. The van der Waals surface area contributed by atoms with Crippen molar-refractivity contribution in [3.8, 4) is 11.8 Å². The number of carbonyl (C=O) groups is 1. The minimum Gasteiger partial charge on any atom is -0.486 e. The molecule has 28 heavy (non-hydrogen) atoms. The maximum absolute atomic E-state index is 12.3. The topological polar surface area (TPSA) is 118 Å². The monoisotopic (exact) mass is 397 g/mol. The van der Waals surface area contributed by atoms with E-state index in [0.29, 0.717) is 16.5 Å². The van der Waals surface area contributed by atoms with Crippen molar-refractivity contribution >= 4 is 28.9 Å². The van der Waals surface area contributed by atoms with Gasteiger partial charge in [0.1, 0.15) is 24.2 Å². The molecule has 2 aromatic carbocycles. The number of halogens is 1. The summed E-state index contributed by atoms with van der Waals surface area (Å²) in [4.78, 5) is 22.5. The summed E-state index contributed by atoms with van der Waals surface area (Å²) in [5.41, 5.74) is -0.127. The molecule has 0 fully saturated rings. The lowest BCUT2D eigenvalue weighted by molar-refractivity contribution is -0.384. The van der Waals surface area contributed by atoms with E-state index in [2.05, 4.69) is 5.32 Å². The van der Waals surface area contributed by atoms with Gasteiger partial charge in [-0.1, -0.05) is 17.7 Å². The molecule has 0 aliphatic rings. The van der Waals surface area contributed by atoms with E-state index in [4.69, 9.17) is 26.0 Å². The highest BCUT2D eigenvalue weighted by Gasteiger charge is 2.16. The van der Waals surface area contributed by atoms with Crippen LogP contribution < -0.4 is 10.1 Å². The van der Waals surface area contributed by atoms with E-state index in [1.54, 1.807) is 30.3 Å². The molecule has 0 bridgehead atoms. The van der Waals surface area contributed by atoms with Crippen LogP contribution in [0.3, 0.4) is 0 Å². The number of nitro benzene ring substituents is 1. The molecule has 8 nitrogen and oxygen atoms in total. The van der Waals surface area contributed by atoms with Gasteiger partial charge in [0.15, 0.2) is 5.76 Å². The highest BCUT2D eigenvalue weighted by atomic mass is 35.5. The number of nitriles is 1. The summed E-state index contributed by atoms with van der Waals surface area (Å²) in [6, 6.07) is 15.3. The number of nitrogens with zero attached hydrogens (tertiary/aromatic N) is 2. The molecule has 3 aromatic rings. The van der Waals surface area contributed by atoms with Crippen molar-refractivity contribution in [2.45, 2.75) is 6.61 Å². The summed E-state index contributed by atoms with van der Waals surface area (Å²) < 4.78 is 11.0. The number of hydrogen-bond acceptors (Lipinski definition) is 6. The van der Waals surface area contributed by atoms with Crippen molar-refractivity contribution in [3.05, 3.63) is 86.8 Å². The van der Waals surface area contributed by atoms with Crippen LogP contribution in [0.4, 0.5) is 11.4 Å². The molecule has 0 unspecified atom stereocenters. The quantitative estimate of drug-likeness (QED) is 0.481. The predicted octanol–water partition coefficient (Wildman–Crippen LogP) is 4.54. The minimum absolute atomic E-state index is 0.00642. The van der Waals surface area contributed by atoms with Crippen molar-refractivity contribution in [3.63, 3.8) is 0 Å². The molecular weight excluding hydrogens is 386 g/mol. The molecule has 0 aliphatic carbocycles. The third-order valence-electron chi connectivity index (χ3n) is 3.65. The highest BCUT2D eigenvalue weighted by Crippen LogP contribution is 2.23. The number of furan rings is 1. The molecule has 1 heterocycles. The van der Waals surface area contributed by atoms with Crippen molar-refractivity contribution in [2.75, 3.05) is 5.32 Å². The van der Waals surface area contributed by atoms with E-state index < -0.39 is 10.8 Å². The van der Waals surface area contributed by atoms with E-state index in [1.807, 2.05) is 6.07 Å². The Hall–Kier alpha value is -3.83. The molecule has 3 rings (SSSR count). The maximum atomic E-state index is 12.3. The lowest BCUT2D eigenvalue weighted by atomic mass is 10.1. The van der Waals surface area contributed by atoms with Gasteiger partial charge in [-0.05, 0) is 36.4 Å². The molecule has 1 aromatic heterocycles. The van der Waals surface area contributed by atoms with Crippen LogP contribution in [0.15, 0.2) is 59.0 Å². The number of nitro groups is 1. The standard InChI is InChI=1S/C19H12ClN3O5/c20-13-2-1-3-15(9-13)27-11-16-5-7-18(28-16)19(24)22-17-6-4-14(23(25)26)8-12(17)10-21/h1-9H,11H2,(H,22,24). The average molecular weight is 398 g/mol. The molecule has 0 saturated heterocycles. The molecule has 0 atom stereocenters. The zero-order valence-electron chi connectivity index (χ0n) is 14.2. The predicted molar refractivity (Wildman–Crippen MR) is 100 cm³/mol. The summed E-state index contributed by atoms with van der Waals surface area (Å²) in [5, 5.41) is 23.0. The van der Waals surface area contributed by atoms with Gasteiger partial charge in [0.2, 0.25) is 0 Å². The lowest BCUT2D eigenvalue weighted by Crippen LogP contribution is -2.12. The van der Waals surface area contributed by atoms with Crippen molar-refractivity contribution in [1.82, 2.24) is 0 Å². The number of benzene rings is 2. The number of hydrogen-bond donors (Lipinski definition) is 1. The van der Waals surface area contributed by atoms with E-state index >= 15 is 0 Å². The van der Waals surface area contributed by atoms with E-state index in [0.717, 1.165) is 6.07 Å². The molecule has 9 heteroatoms. The van der Waals surface area contributed by atoms with Gasteiger partial charge in [0.05, 0.1) is 16.2 Å². The van der Waals surface area contributed by atoms with Gasteiger partial charge in [-0.3, -0.25) is 14.9 Å². The van der Waals surface area contributed by atoms with Gasteiger partial charge in [-0.2, -0.15) is 5.26 Å². The summed E-state index contributed by atoms with van der Waals surface area (Å²) >= 11 is 5.88. The highest BCUT2D eigenvalue weighted by molar-refractivity contribution is 6.30. The van der Waals surface area contributed by atoms with Crippen LogP contribution in [0.2, 0.25) is 5.02 Å². The minimum atomic E-state index is -0.620. The number of nitrogens with one attached hydrogen (secondary N) is 1. The van der Waals surface area contributed by atoms with Gasteiger partial charge >= 0.3 is 0 Å². The zero-order valence-corrected chi connectivity index (χ0v) is 15.0. The smallest absolute Gasteiger partial charge is 0.291 e. The summed E-state index contributed by atoms with van der Waals surface area (Å²) in [6.07, 6.45) is 0. The fourth-order valence-electron chi connectivity index (χ4n) is 2.32. The molecule has 140 valence electrons. The number of anilines is 1. The number of ether oxygens (including phenoxy) is 1. The van der Waals surface area contributed by atoms with Crippen LogP contribution in [0.25, 0.3) is 0 Å². The Bertz CT molecular complexity index is 1090. The molecule has 0 spiro atoms. The SMILES string of the molecule is N#Cc1cc([N+](=O)[O-])ccc1NC(=O)c1ccc(COc2cccc(Cl)c2)o1. The van der Waals surface area contributed by atoms with Gasteiger partial charge in [0, 0.05) is 17.2 Å². The van der Waals surface area contributed by atoms with E-state index in [9.17, 15) is 14.9 Å². The fraction of sp³-hybridized carbons (Fsp3) is 0.0526. The summed E-state index contributed by atoms with van der Waals surface area (Å²) in [5.74, 6) is 0.375. The van der Waals surface area contributed by atoms with Gasteiger partial charge < -0.3 is 14.5 Å². The number of rotatable bonds is 6. The Morgan fingerprint density at radius 2 is 2.07 bits per heavy atom. The number of amides is 1. The first kappa shape index (κ1) is 18.9. The number of non-ortho nitro benzene ring substituents is 1. The second kappa shape index (κ2) is 8.24. The van der Waals surface area contributed by atoms with Crippen LogP contribution in [0, 0.1) is 21.4 Å².